The molecule has 0 unspecified atom stereocenters. The lowest BCUT2D eigenvalue weighted by atomic mass is 10.1. The van der Waals surface area contributed by atoms with Gasteiger partial charge >= 0.3 is 0 Å². The van der Waals surface area contributed by atoms with Crippen molar-refractivity contribution in [1.29, 1.82) is 5.26 Å². The summed E-state index contributed by atoms with van der Waals surface area (Å²) >= 11 is 0. The van der Waals surface area contributed by atoms with Gasteiger partial charge in [0, 0.05) is 6.54 Å². The highest BCUT2D eigenvalue weighted by Gasteiger charge is 2.11. The van der Waals surface area contributed by atoms with Crippen molar-refractivity contribution in [3.63, 3.8) is 0 Å². The number of rotatable bonds is 4. The highest BCUT2D eigenvalue weighted by atomic mass is 19.1. The van der Waals surface area contributed by atoms with E-state index in [4.69, 9.17) is 5.26 Å². The summed E-state index contributed by atoms with van der Waals surface area (Å²) in [4.78, 5) is 0. The molecule has 0 amide bonds. The molecule has 1 N–H and O–H groups in total. The van der Waals surface area contributed by atoms with Gasteiger partial charge in [0.25, 0.3) is 0 Å². The van der Waals surface area contributed by atoms with Gasteiger partial charge in [0.05, 0.1) is 11.6 Å². The molecule has 0 fully saturated rings. The van der Waals surface area contributed by atoms with E-state index < -0.39 is 11.6 Å². The smallest absolute Gasteiger partial charge is 0.150 e. The molecule has 0 saturated carbocycles. The van der Waals surface area contributed by atoms with Crippen molar-refractivity contribution in [2.45, 2.75) is 25.7 Å². The standard InChI is InChI=1S/C14H14F2N2/c15-12-7-11(9-17)8-13(16)14(12)18-6-5-10-3-1-2-4-10/h3,7-8,18H,1-2,4-6H2. The minimum atomic E-state index is -0.716. The zero-order chi connectivity index (χ0) is 13.0. The van der Waals surface area contributed by atoms with Crippen LogP contribution in [-0.2, 0) is 0 Å². The Bertz CT molecular complexity index is 492. The van der Waals surface area contributed by atoms with Gasteiger partial charge in [0.2, 0.25) is 0 Å². The van der Waals surface area contributed by atoms with Crippen molar-refractivity contribution >= 4 is 5.69 Å². The summed E-state index contributed by atoms with van der Waals surface area (Å²) in [7, 11) is 0. The Kier molecular flexibility index (Phi) is 3.93. The normalized spacial score (nSPS) is 14.2. The van der Waals surface area contributed by atoms with Crippen LogP contribution in [-0.4, -0.2) is 6.54 Å². The number of allylic oxidation sites excluding steroid dienone is 1. The maximum atomic E-state index is 13.5. The summed E-state index contributed by atoms with van der Waals surface area (Å²) in [6.45, 7) is 0.506. The first-order valence-electron chi connectivity index (χ1n) is 6.01. The van der Waals surface area contributed by atoms with Crippen LogP contribution in [0.4, 0.5) is 14.5 Å². The largest absolute Gasteiger partial charge is 0.380 e. The SMILES string of the molecule is N#Cc1cc(F)c(NCCC2=CCCC2)c(F)c1. The van der Waals surface area contributed by atoms with E-state index >= 15 is 0 Å². The first-order valence-corrected chi connectivity index (χ1v) is 6.01. The second kappa shape index (κ2) is 5.63. The number of hydrogen-bond acceptors (Lipinski definition) is 2. The van der Waals surface area contributed by atoms with Crippen molar-refractivity contribution in [3.8, 4) is 6.07 Å². The van der Waals surface area contributed by atoms with Crippen LogP contribution < -0.4 is 5.32 Å². The molecule has 4 heteroatoms. The van der Waals surface area contributed by atoms with Gasteiger partial charge in [0.15, 0.2) is 11.6 Å². The molecular weight excluding hydrogens is 234 g/mol. The van der Waals surface area contributed by atoms with Crippen molar-refractivity contribution in [2.24, 2.45) is 0 Å². The summed E-state index contributed by atoms with van der Waals surface area (Å²) in [5.41, 5.74) is 1.19. The number of hydrogen-bond donors (Lipinski definition) is 1. The molecule has 0 heterocycles. The summed E-state index contributed by atoms with van der Waals surface area (Å²) in [5, 5.41) is 11.3. The van der Waals surface area contributed by atoms with E-state index in [2.05, 4.69) is 11.4 Å². The van der Waals surface area contributed by atoms with Crippen molar-refractivity contribution in [3.05, 3.63) is 41.0 Å². The van der Waals surface area contributed by atoms with Gasteiger partial charge in [-0.05, 0) is 37.8 Å². The average molecular weight is 248 g/mol. The predicted octanol–water partition coefficient (Wildman–Crippen LogP) is 3.75. The molecule has 1 aromatic rings. The van der Waals surface area contributed by atoms with Gasteiger partial charge in [-0.2, -0.15) is 5.26 Å². The lowest BCUT2D eigenvalue weighted by molar-refractivity contribution is 0.587. The molecule has 0 saturated heterocycles. The third kappa shape index (κ3) is 2.86. The Morgan fingerprint density at radius 3 is 2.56 bits per heavy atom. The van der Waals surface area contributed by atoms with Crippen molar-refractivity contribution < 1.29 is 8.78 Å². The lowest BCUT2D eigenvalue weighted by Crippen LogP contribution is -2.06. The van der Waals surface area contributed by atoms with Crippen LogP contribution in [0.5, 0.6) is 0 Å². The second-order valence-electron chi connectivity index (χ2n) is 4.36. The molecular formula is C14H14F2N2. The molecule has 2 nitrogen and oxygen atoms in total. The van der Waals surface area contributed by atoms with Gasteiger partial charge in [-0.1, -0.05) is 11.6 Å². The summed E-state index contributed by atoms with van der Waals surface area (Å²) in [6.07, 6.45) is 6.36. The van der Waals surface area contributed by atoms with Crippen LogP contribution in [0, 0.1) is 23.0 Å². The molecule has 94 valence electrons. The second-order valence-corrected chi connectivity index (χ2v) is 4.36. The zero-order valence-corrected chi connectivity index (χ0v) is 9.97. The first-order chi connectivity index (χ1) is 8.70. The van der Waals surface area contributed by atoms with E-state index in [0.29, 0.717) is 6.54 Å². The third-order valence-corrected chi connectivity index (χ3v) is 3.05. The van der Waals surface area contributed by atoms with Crippen LogP contribution >= 0.6 is 0 Å². The zero-order valence-electron chi connectivity index (χ0n) is 9.97. The fourth-order valence-corrected chi connectivity index (χ4v) is 2.12. The van der Waals surface area contributed by atoms with Crippen LogP contribution in [0.1, 0.15) is 31.2 Å². The molecule has 0 radical (unpaired) electrons. The third-order valence-electron chi connectivity index (χ3n) is 3.05. The van der Waals surface area contributed by atoms with E-state index in [9.17, 15) is 8.78 Å². The maximum absolute atomic E-state index is 13.5. The van der Waals surface area contributed by atoms with E-state index in [1.807, 2.05) is 0 Å². The van der Waals surface area contributed by atoms with Gasteiger partial charge < -0.3 is 5.32 Å². The van der Waals surface area contributed by atoms with Crippen LogP contribution in [0.25, 0.3) is 0 Å². The molecule has 1 aliphatic rings. The number of benzene rings is 1. The summed E-state index contributed by atoms with van der Waals surface area (Å²) < 4.78 is 27.1. The molecule has 0 aliphatic heterocycles. The predicted molar refractivity (Wildman–Crippen MR) is 66.1 cm³/mol. The summed E-state index contributed by atoms with van der Waals surface area (Å²) in [5.74, 6) is -1.43. The monoisotopic (exact) mass is 248 g/mol. The fourth-order valence-electron chi connectivity index (χ4n) is 2.12. The number of nitriles is 1. The molecule has 18 heavy (non-hydrogen) atoms. The molecule has 2 rings (SSSR count). The van der Waals surface area contributed by atoms with Crippen LogP contribution in [0.2, 0.25) is 0 Å². The quantitative estimate of drug-likeness (QED) is 0.824. The highest BCUT2D eigenvalue weighted by Crippen LogP contribution is 2.23. The fraction of sp³-hybridized carbons (Fsp3) is 0.357. The van der Waals surface area contributed by atoms with Gasteiger partial charge in [-0.3, -0.25) is 0 Å². The van der Waals surface area contributed by atoms with Crippen LogP contribution in [0.15, 0.2) is 23.8 Å². The Hall–Kier alpha value is -1.89. The van der Waals surface area contributed by atoms with Crippen molar-refractivity contribution in [2.75, 3.05) is 11.9 Å². The van der Waals surface area contributed by atoms with E-state index in [1.165, 1.54) is 12.0 Å². The van der Waals surface area contributed by atoms with E-state index in [-0.39, 0.29) is 11.3 Å². The number of nitrogens with zero attached hydrogens (tertiary/aromatic N) is 1. The lowest BCUT2D eigenvalue weighted by Gasteiger charge is -2.09. The van der Waals surface area contributed by atoms with E-state index in [0.717, 1.165) is 31.4 Å². The molecule has 0 atom stereocenters. The van der Waals surface area contributed by atoms with Gasteiger partial charge in [0.1, 0.15) is 5.69 Å². The van der Waals surface area contributed by atoms with Gasteiger partial charge in [-0.25, -0.2) is 8.78 Å². The molecule has 0 aromatic heterocycles. The highest BCUT2D eigenvalue weighted by molar-refractivity contribution is 5.50. The Morgan fingerprint density at radius 1 is 1.28 bits per heavy atom. The van der Waals surface area contributed by atoms with Crippen molar-refractivity contribution in [1.82, 2.24) is 0 Å². The maximum Gasteiger partial charge on any atom is 0.150 e. The molecule has 0 spiro atoms. The molecule has 1 aromatic carbocycles. The molecule has 1 aliphatic carbocycles. The Labute approximate surface area is 105 Å². The Balaban J connectivity index is 1.99. The minimum absolute atomic E-state index is 0.00551. The molecule has 0 bridgehead atoms. The number of anilines is 1. The van der Waals surface area contributed by atoms with Crippen LogP contribution in [0.3, 0.4) is 0 Å². The number of nitrogens with one attached hydrogen (secondary N) is 1. The Morgan fingerprint density at radius 2 is 2.00 bits per heavy atom. The average Bonchev–Trinajstić information content (AvgIpc) is 2.85. The van der Waals surface area contributed by atoms with Gasteiger partial charge in [-0.15, -0.1) is 0 Å². The topological polar surface area (TPSA) is 35.8 Å². The minimum Gasteiger partial charge on any atom is -0.380 e. The first kappa shape index (κ1) is 12.6. The van der Waals surface area contributed by atoms with E-state index in [1.54, 1.807) is 6.07 Å². The summed E-state index contributed by atoms with van der Waals surface area (Å²) in [6, 6.07) is 3.80. The number of halogens is 2.